The number of pyridine rings is 1. The van der Waals surface area contributed by atoms with Crippen molar-refractivity contribution in [3.05, 3.63) is 59.9 Å². The topological polar surface area (TPSA) is 81.2 Å². The summed E-state index contributed by atoms with van der Waals surface area (Å²) in [5.74, 6) is 2.80. The van der Waals surface area contributed by atoms with Gasteiger partial charge >= 0.3 is 0 Å². The first-order valence-corrected chi connectivity index (χ1v) is 8.66. The molecule has 0 spiro atoms. The lowest BCUT2D eigenvalue weighted by molar-refractivity contribution is 0.0956. The molecule has 0 saturated heterocycles. The van der Waals surface area contributed by atoms with Gasteiger partial charge in [-0.2, -0.15) is 11.8 Å². The van der Waals surface area contributed by atoms with Crippen LogP contribution in [0.25, 0.3) is 11.3 Å². The summed E-state index contributed by atoms with van der Waals surface area (Å²) in [7, 11) is 0. The minimum atomic E-state index is -0.181. The van der Waals surface area contributed by atoms with Crippen molar-refractivity contribution in [1.82, 2.24) is 15.5 Å². The third kappa shape index (κ3) is 3.86. The number of amides is 1. The molecule has 124 valence electrons. The first-order valence-electron chi connectivity index (χ1n) is 7.50. The summed E-state index contributed by atoms with van der Waals surface area (Å²) in [4.78, 5) is 16.4. The first kappa shape index (κ1) is 16.3. The number of thioether (sulfide) groups is 1. The van der Waals surface area contributed by atoms with Crippen LogP contribution in [0.5, 0.6) is 0 Å². The normalized spacial score (nSPS) is 10.7. The van der Waals surface area contributed by atoms with Gasteiger partial charge in [-0.3, -0.25) is 9.78 Å². The van der Waals surface area contributed by atoms with E-state index in [1.807, 2.05) is 12.1 Å². The van der Waals surface area contributed by atoms with Crippen LogP contribution >= 0.6 is 11.8 Å². The Kier molecular flexibility index (Phi) is 5.32. The molecule has 0 aromatic carbocycles. The number of nitrogens with zero attached hydrogens (tertiary/aromatic N) is 2. The minimum absolute atomic E-state index is 0.181. The van der Waals surface area contributed by atoms with Crippen LogP contribution in [0.2, 0.25) is 0 Å². The van der Waals surface area contributed by atoms with E-state index in [2.05, 4.69) is 15.5 Å². The highest BCUT2D eigenvalue weighted by Crippen LogP contribution is 2.25. The minimum Gasteiger partial charge on any atom is -0.468 e. The highest BCUT2D eigenvalue weighted by Gasteiger charge is 2.21. The van der Waals surface area contributed by atoms with Crippen LogP contribution in [0.3, 0.4) is 0 Å². The van der Waals surface area contributed by atoms with Crippen molar-refractivity contribution in [2.24, 2.45) is 0 Å². The van der Waals surface area contributed by atoms with E-state index in [4.69, 9.17) is 8.94 Å². The number of carbonyl (C=O) groups is 1. The number of hydrogen-bond donors (Lipinski definition) is 1. The Morgan fingerprint density at radius 2 is 2.12 bits per heavy atom. The maximum Gasteiger partial charge on any atom is 0.257 e. The Hall–Kier alpha value is -2.54. The lowest BCUT2D eigenvalue weighted by atomic mass is 10.1. The predicted octanol–water partition coefficient (Wildman–Crippen LogP) is 3.30. The molecule has 0 saturated carbocycles. The van der Waals surface area contributed by atoms with Crippen molar-refractivity contribution in [2.75, 3.05) is 12.3 Å². The van der Waals surface area contributed by atoms with Gasteiger partial charge in [-0.1, -0.05) is 5.16 Å². The second kappa shape index (κ2) is 7.83. The molecule has 0 aliphatic rings. The molecule has 3 aromatic rings. The molecule has 0 aliphatic heterocycles. The molecular weight excluding hydrogens is 326 g/mol. The van der Waals surface area contributed by atoms with Gasteiger partial charge in [0, 0.05) is 30.3 Å². The Labute approximate surface area is 143 Å². The van der Waals surface area contributed by atoms with Crippen molar-refractivity contribution in [2.45, 2.75) is 12.7 Å². The fraction of sp³-hybridized carbons (Fsp3) is 0.235. The number of nitrogens with one attached hydrogen (secondary N) is 1. The molecule has 0 radical (unpaired) electrons. The van der Waals surface area contributed by atoms with Gasteiger partial charge in [-0.15, -0.1) is 0 Å². The monoisotopic (exact) mass is 343 g/mol. The van der Waals surface area contributed by atoms with E-state index in [1.54, 1.807) is 49.5 Å². The van der Waals surface area contributed by atoms with Gasteiger partial charge < -0.3 is 14.3 Å². The summed E-state index contributed by atoms with van der Waals surface area (Å²) in [5, 5.41) is 6.83. The molecule has 7 heteroatoms. The van der Waals surface area contributed by atoms with E-state index in [-0.39, 0.29) is 5.91 Å². The molecule has 24 heavy (non-hydrogen) atoms. The average molecular weight is 343 g/mol. The summed E-state index contributed by atoms with van der Waals surface area (Å²) in [6, 6.07) is 7.38. The smallest absolute Gasteiger partial charge is 0.257 e. The van der Waals surface area contributed by atoms with Crippen molar-refractivity contribution in [1.29, 1.82) is 0 Å². The summed E-state index contributed by atoms with van der Waals surface area (Å²) in [6.07, 6.45) is 4.97. The number of aryl methyl sites for hydroxylation is 1. The molecule has 0 fully saturated rings. The van der Waals surface area contributed by atoms with Crippen LogP contribution in [0, 0.1) is 6.92 Å². The number of carbonyl (C=O) groups excluding carboxylic acids is 1. The highest BCUT2D eigenvalue weighted by molar-refractivity contribution is 7.98. The van der Waals surface area contributed by atoms with Gasteiger partial charge in [0.05, 0.1) is 17.7 Å². The molecule has 0 bridgehead atoms. The summed E-state index contributed by atoms with van der Waals surface area (Å²) in [5.41, 5.74) is 1.82. The maximum absolute atomic E-state index is 12.5. The third-order valence-electron chi connectivity index (χ3n) is 3.39. The van der Waals surface area contributed by atoms with Crippen LogP contribution in [0.1, 0.15) is 21.8 Å². The van der Waals surface area contributed by atoms with Crippen LogP contribution in [0.4, 0.5) is 0 Å². The van der Waals surface area contributed by atoms with E-state index < -0.39 is 0 Å². The Bertz CT molecular complexity index is 785. The second-order valence-corrected chi connectivity index (χ2v) is 6.20. The van der Waals surface area contributed by atoms with Crippen molar-refractivity contribution < 1.29 is 13.7 Å². The fourth-order valence-electron chi connectivity index (χ4n) is 2.23. The lowest BCUT2D eigenvalue weighted by Gasteiger charge is -2.05. The highest BCUT2D eigenvalue weighted by atomic mass is 32.2. The molecular formula is C17H17N3O3S. The van der Waals surface area contributed by atoms with Crippen molar-refractivity contribution in [3.63, 3.8) is 0 Å². The largest absolute Gasteiger partial charge is 0.468 e. The standard InChI is InChI=1S/C17H17N3O3S/c1-12-15(16(23-20-12)13-4-6-18-7-5-13)17(21)19-8-10-24-11-14-3-2-9-22-14/h2-7,9H,8,10-11H2,1H3,(H,19,21). The lowest BCUT2D eigenvalue weighted by Crippen LogP contribution is -2.26. The Morgan fingerprint density at radius 3 is 2.88 bits per heavy atom. The third-order valence-corrected chi connectivity index (χ3v) is 4.37. The van der Waals surface area contributed by atoms with Gasteiger partial charge in [0.15, 0.2) is 5.76 Å². The SMILES string of the molecule is Cc1noc(-c2ccncc2)c1C(=O)NCCSCc1ccco1. The zero-order valence-electron chi connectivity index (χ0n) is 13.2. The molecule has 0 atom stereocenters. The van der Waals surface area contributed by atoms with E-state index in [0.717, 1.165) is 22.8 Å². The van der Waals surface area contributed by atoms with Crippen molar-refractivity contribution in [3.8, 4) is 11.3 Å². The van der Waals surface area contributed by atoms with E-state index in [0.29, 0.717) is 23.6 Å². The van der Waals surface area contributed by atoms with Gasteiger partial charge in [0.2, 0.25) is 0 Å². The number of aromatic nitrogens is 2. The summed E-state index contributed by atoms with van der Waals surface area (Å²) in [6.45, 7) is 2.32. The van der Waals surface area contributed by atoms with Crippen LogP contribution in [-0.2, 0) is 5.75 Å². The van der Waals surface area contributed by atoms with Crippen LogP contribution < -0.4 is 5.32 Å². The van der Waals surface area contributed by atoms with Crippen LogP contribution in [0.15, 0.2) is 51.9 Å². The first-order chi connectivity index (χ1) is 11.8. The second-order valence-electron chi connectivity index (χ2n) is 5.10. The molecule has 0 aliphatic carbocycles. The zero-order valence-corrected chi connectivity index (χ0v) is 14.0. The zero-order chi connectivity index (χ0) is 16.8. The molecule has 3 aromatic heterocycles. The summed E-state index contributed by atoms with van der Waals surface area (Å²) >= 11 is 1.70. The molecule has 1 amide bonds. The van der Waals surface area contributed by atoms with E-state index >= 15 is 0 Å². The van der Waals surface area contributed by atoms with Gasteiger partial charge in [-0.05, 0) is 31.2 Å². The number of furan rings is 1. The van der Waals surface area contributed by atoms with Gasteiger partial charge in [-0.25, -0.2) is 0 Å². The Balaban J connectivity index is 1.56. The summed E-state index contributed by atoms with van der Waals surface area (Å²) < 4.78 is 10.6. The van der Waals surface area contributed by atoms with Gasteiger partial charge in [0.1, 0.15) is 11.3 Å². The van der Waals surface area contributed by atoms with Gasteiger partial charge in [0.25, 0.3) is 5.91 Å². The Morgan fingerprint density at radius 1 is 1.29 bits per heavy atom. The average Bonchev–Trinajstić information content (AvgIpc) is 3.25. The maximum atomic E-state index is 12.5. The molecule has 3 rings (SSSR count). The van der Waals surface area contributed by atoms with Crippen LogP contribution in [-0.4, -0.2) is 28.3 Å². The van der Waals surface area contributed by atoms with E-state index in [1.165, 1.54) is 0 Å². The molecule has 1 N–H and O–H groups in total. The number of hydrogen-bond acceptors (Lipinski definition) is 6. The molecule has 3 heterocycles. The molecule has 6 nitrogen and oxygen atoms in total. The molecule has 0 unspecified atom stereocenters. The quantitative estimate of drug-likeness (QED) is 0.663. The number of rotatable bonds is 7. The predicted molar refractivity (Wildman–Crippen MR) is 91.7 cm³/mol. The fourth-order valence-corrected chi connectivity index (χ4v) is 2.99. The van der Waals surface area contributed by atoms with Crippen molar-refractivity contribution >= 4 is 17.7 Å². The van der Waals surface area contributed by atoms with E-state index in [9.17, 15) is 4.79 Å².